The molecule has 19 heavy (non-hydrogen) atoms. The second-order valence-corrected chi connectivity index (χ2v) is 5.96. The number of nitrogens with zero attached hydrogens (tertiary/aromatic N) is 2. The molecule has 5 heteroatoms. The number of carboxylic acid groups (broad SMARTS) is 1. The second-order valence-electron chi connectivity index (χ2n) is 4.90. The van der Waals surface area contributed by atoms with Gasteiger partial charge in [-0.2, -0.15) is 0 Å². The Kier molecular flexibility index (Phi) is 3.48. The van der Waals surface area contributed by atoms with Crippen molar-refractivity contribution in [1.82, 2.24) is 9.88 Å². The fourth-order valence-corrected chi connectivity index (χ4v) is 3.80. The standard InChI is InChI=1S/C14H16N2O2S/c17-13(18)9-16-8-4-3-6-11(16)14-15-10-5-1-2-7-12(10)19-14/h1-2,5,7,11H,3-4,6,8-9H2,(H,17,18). The zero-order chi connectivity index (χ0) is 13.2. The van der Waals surface area contributed by atoms with E-state index >= 15 is 0 Å². The SMILES string of the molecule is O=C(O)CN1CCCCC1c1nc2ccccc2s1. The lowest BCUT2D eigenvalue weighted by Crippen LogP contribution is -2.37. The number of aliphatic carboxylic acids is 1. The lowest BCUT2D eigenvalue weighted by molar-refractivity contribution is -0.139. The molecule has 1 N–H and O–H groups in total. The van der Waals surface area contributed by atoms with Crippen molar-refractivity contribution in [3.8, 4) is 0 Å². The number of para-hydroxylation sites is 1. The van der Waals surface area contributed by atoms with Gasteiger partial charge in [0.05, 0.1) is 22.8 Å². The number of hydrogen-bond donors (Lipinski definition) is 1. The van der Waals surface area contributed by atoms with Crippen LogP contribution in [0.3, 0.4) is 0 Å². The number of rotatable bonds is 3. The Morgan fingerprint density at radius 3 is 3.05 bits per heavy atom. The van der Waals surface area contributed by atoms with Gasteiger partial charge < -0.3 is 5.11 Å². The molecule has 0 amide bonds. The first-order chi connectivity index (χ1) is 9.24. The van der Waals surface area contributed by atoms with Crippen molar-refractivity contribution in [3.63, 3.8) is 0 Å². The van der Waals surface area contributed by atoms with Gasteiger partial charge in [0.25, 0.3) is 0 Å². The Bertz CT molecular complexity index is 563. The van der Waals surface area contributed by atoms with Crippen LogP contribution in [0.4, 0.5) is 0 Å². The maximum atomic E-state index is 11.0. The predicted octanol–water partition coefficient (Wildman–Crippen LogP) is 2.91. The number of fused-ring (bicyclic) bond motifs is 1. The maximum absolute atomic E-state index is 11.0. The van der Waals surface area contributed by atoms with Crippen LogP contribution in [0.2, 0.25) is 0 Å². The van der Waals surface area contributed by atoms with E-state index in [-0.39, 0.29) is 12.6 Å². The lowest BCUT2D eigenvalue weighted by atomic mass is 10.0. The number of carbonyl (C=O) groups is 1. The van der Waals surface area contributed by atoms with Gasteiger partial charge in [-0.3, -0.25) is 9.69 Å². The van der Waals surface area contributed by atoms with Crippen LogP contribution >= 0.6 is 11.3 Å². The van der Waals surface area contributed by atoms with Crippen LogP contribution < -0.4 is 0 Å². The number of carboxylic acids is 1. The van der Waals surface area contributed by atoms with Gasteiger partial charge in [-0.25, -0.2) is 4.98 Å². The largest absolute Gasteiger partial charge is 0.480 e. The van der Waals surface area contributed by atoms with Gasteiger partial charge in [-0.05, 0) is 31.5 Å². The first kappa shape index (κ1) is 12.6. The Labute approximate surface area is 115 Å². The Morgan fingerprint density at radius 1 is 1.42 bits per heavy atom. The van der Waals surface area contributed by atoms with Gasteiger partial charge in [0.15, 0.2) is 0 Å². The molecule has 0 aliphatic carbocycles. The Morgan fingerprint density at radius 2 is 2.26 bits per heavy atom. The number of piperidine rings is 1. The van der Waals surface area contributed by atoms with Crippen LogP contribution in [-0.4, -0.2) is 34.0 Å². The molecule has 100 valence electrons. The molecule has 4 nitrogen and oxygen atoms in total. The zero-order valence-corrected chi connectivity index (χ0v) is 11.4. The summed E-state index contributed by atoms with van der Waals surface area (Å²) < 4.78 is 1.18. The van der Waals surface area contributed by atoms with Crippen molar-refractivity contribution >= 4 is 27.5 Å². The highest BCUT2D eigenvalue weighted by Gasteiger charge is 2.27. The van der Waals surface area contributed by atoms with Crippen LogP contribution in [0.15, 0.2) is 24.3 Å². The Hall–Kier alpha value is -1.46. The van der Waals surface area contributed by atoms with Crippen molar-refractivity contribution in [2.45, 2.75) is 25.3 Å². The second kappa shape index (κ2) is 5.27. The molecule has 1 atom stereocenters. The molecule has 1 unspecified atom stereocenters. The van der Waals surface area contributed by atoms with E-state index in [0.29, 0.717) is 0 Å². The number of likely N-dealkylation sites (tertiary alicyclic amines) is 1. The molecule has 3 rings (SSSR count). The minimum Gasteiger partial charge on any atom is -0.480 e. The summed E-state index contributed by atoms with van der Waals surface area (Å²) in [5.74, 6) is -0.756. The molecule has 0 radical (unpaired) electrons. The maximum Gasteiger partial charge on any atom is 0.317 e. The lowest BCUT2D eigenvalue weighted by Gasteiger charge is -2.32. The molecule has 0 bridgehead atoms. The van der Waals surface area contributed by atoms with E-state index in [1.54, 1.807) is 11.3 Å². The van der Waals surface area contributed by atoms with Gasteiger partial charge in [0.1, 0.15) is 5.01 Å². The molecule has 2 heterocycles. The summed E-state index contributed by atoms with van der Waals surface area (Å²) >= 11 is 1.69. The zero-order valence-electron chi connectivity index (χ0n) is 10.6. The number of benzene rings is 1. The van der Waals surface area contributed by atoms with Crippen LogP contribution in [0.5, 0.6) is 0 Å². The summed E-state index contributed by atoms with van der Waals surface area (Å²) in [5, 5.41) is 10.1. The van der Waals surface area contributed by atoms with Crippen LogP contribution in [0.1, 0.15) is 30.3 Å². The average molecular weight is 276 g/mol. The Balaban J connectivity index is 1.91. The third kappa shape index (κ3) is 2.62. The molecule has 1 aliphatic rings. The highest BCUT2D eigenvalue weighted by atomic mass is 32.1. The molecular weight excluding hydrogens is 260 g/mol. The molecular formula is C14H16N2O2S. The fraction of sp³-hybridized carbons (Fsp3) is 0.429. The van der Waals surface area contributed by atoms with E-state index in [2.05, 4.69) is 11.1 Å². The monoisotopic (exact) mass is 276 g/mol. The smallest absolute Gasteiger partial charge is 0.317 e. The summed E-state index contributed by atoms with van der Waals surface area (Å²) in [5.41, 5.74) is 1.02. The highest BCUT2D eigenvalue weighted by Crippen LogP contribution is 2.35. The van der Waals surface area contributed by atoms with Gasteiger partial charge in [0.2, 0.25) is 0 Å². The van der Waals surface area contributed by atoms with Crippen molar-refractivity contribution in [3.05, 3.63) is 29.3 Å². The van der Waals surface area contributed by atoms with Crippen LogP contribution in [0.25, 0.3) is 10.2 Å². The van der Waals surface area contributed by atoms with E-state index in [1.165, 1.54) is 4.70 Å². The van der Waals surface area contributed by atoms with Crippen molar-refractivity contribution < 1.29 is 9.90 Å². The topological polar surface area (TPSA) is 53.4 Å². The van der Waals surface area contributed by atoms with Gasteiger partial charge in [-0.1, -0.05) is 18.6 Å². The number of aromatic nitrogens is 1. The van der Waals surface area contributed by atoms with Crippen molar-refractivity contribution in [2.24, 2.45) is 0 Å². The molecule has 1 aromatic heterocycles. The average Bonchev–Trinajstić information content (AvgIpc) is 2.82. The molecule has 1 aromatic carbocycles. The van der Waals surface area contributed by atoms with Crippen LogP contribution in [0, 0.1) is 0 Å². The van der Waals surface area contributed by atoms with E-state index in [9.17, 15) is 4.79 Å². The summed E-state index contributed by atoms with van der Waals surface area (Å²) in [6.45, 7) is 0.966. The molecule has 1 saturated heterocycles. The first-order valence-electron chi connectivity index (χ1n) is 6.55. The van der Waals surface area contributed by atoms with E-state index < -0.39 is 5.97 Å². The van der Waals surface area contributed by atoms with E-state index in [1.807, 2.05) is 23.1 Å². The van der Waals surface area contributed by atoms with E-state index in [0.717, 1.165) is 36.3 Å². The molecule has 2 aromatic rings. The van der Waals surface area contributed by atoms with Crippen molar-refractivity contribution in [2.75, 3.05) is 13.1 Å². The highest BCUT2D eigenvalue weighted by molar-refractivity contribution is 7.18. The molecule has 0 spiro atoms. The predicted molar refractivity (Wildman–Crippen MR) is 75.4 cm³/mol. The third-order valence-corrected chi connectivity index (χ3v) is 4.69. The van der Waals surface area contributed by atoms with Gasteiger partial charge in [-0.15, -0.1) is 11.3 Å². The minimum absolute atomic E-state index is 0.112. The fourth-order valence-electron chi connectivity index (χ4n) is 2.67. The molecule has 0 saturated carbocycles. The normalized spacial score (nSPS) is 20.7. The minimum atomic E-state index is -0.756. The summed E-state index contributed by atoms with van der Waals surface area (Å²) in [4.78, 5) is 17.7. The van der Waals surface area contributed by atoms with E-state index in [4.69, 9.17) is 5.11 Å². The van der Waals surface area contributed by atoms with Crippen molar-refractivity contribution in [1.29, 1.82) is 0 Å². The number of thiazole rings is 1. The third-order valence-electron chi connectivity index (χ3n) is 3.55. The molecule has 1 fully saturated rings. The van der Waals surface area contributed by atoms with Gasteiger partial charge >= 0.3 is 5.97 Å². The summed E-state index contributed by atoms with van der Waals surface area (Å²) in [6.07, 6.45) is 3.23. The number of hydrogen-bond acceptors (Lipinski definition) is 4. The van der Waals surface area contributed by atoms with Gasteiger partial charge in [0, 0.05) is 0 Å². The molecule has 1 aliphatic heterocycles. The first-order valence-corrected chi connectivity index (χ1v) is 7.37. The summed E-state index contributed by atoms with van der Waals surface area (Å²) in [7, 11) is 0. The quantitative estimate of drug-likeness (QED) is 0.936. The summed E-state index contributed by atoms with van der Waals surface area (Å²) in [6, 6.07) is 8.25. The van der Waals surface area contributed by atoms with Crippen LogP contribution in [-0.2, 0) is 4.79 Å².